The van der Waals surface area contributed by atoms with Crippen molar-refractivity contribution in [2.24, 2.45) is 0 Å². The number of thiophene rings is 2. The van der Waals surface area contributed by atoms with Crippen molar-refractivity contribution in [3.63, 3.8) is 0 Å². The number of hydrogen-bond donors (Lipinski definition) is 0. The fraction of sp³-hybridized carbons (Fsp3) is 0.385. The second kappa shape index (κ2) is 4.69. The molecule has 3 rings (SSSR count). The Balaban J connectivity index is 1.95. The monoisotopic (exact) mass is 346 g/mol. The highest BCUT2D eigenvalue weighted by molar-refractivity contribution is 9.10. The number of halogens is 2. The van der Waals surface area contributed by atoms with Gasteiger partial charge in [0.25, 0.3) is 0 Å². The molecule has 2 aromatic heterocycles. The van der Waals surface area contributed by atoms with Crippen molar-refractivity contribution in [2.45, 2.75) is 31.6 Å². The third-order valence-corrected chi connectivity index (χ3v) is 7.13. The molecule has 0 aliphatic heterocycles. The largest absolute Gasteiger partial charge is 0.143 e. The first-order chi connectivity index (χ1) is 8.15. The van der Waals surface area contributed by atoms with E-state index in [1.54, 1.807) is 16.2 Å². The first-order valence-corrected chi connectivity index (χ1v) is 8.53. The fourth-order valence-electron chi connectivity index (χ4n) is 2.28. The lowest BCUT2D eigenvalue weighted by Gasteiger charge is -2.05. The van der Waals surface area contributed by atoms with Crippen LogP contribution in [-0.2, 0) is 12.8 Å². The highest BCUT2D eigenvalue weighted by atomic mass is 79.9. The van der Waals surface area contributed by atoms with Gasteiger partial charge in [0.2, 0.25) is 0 Å². The van der Waals surface area contributed by atoms with Crippen LogP contribution in [0.25, 0.3) is 0 Å². The Morgan fingerprint density at radius 2 is 2.12 bits per heavy atom. The van der Waals surface area contributed by atoms with Gasteiger partial charge in [-0.15, -0.1) is 34.3 Å². The van der Waals surface area contributed by atoms with Gasteiger partial charge in [0, 0.05) is 24.0 Å². The summed E-state index contributed by atoms with van der Waals surface area (Å²) in [6, 6.07) is 4.46. The van der Waals surface area contributed by atoms with Gasteiger partial charge in [0.1, 0.15) is 5.38 Å². The van der Waals surface area contributed by atoms with Crippen molar-refractivity contribution < 1.29 is 0 Å². The molecule has 2 aromatic rings. The molecule has 1 aliphatic carbocycles. The van der Waals surface area contributed by atoms with Crippen LogP contribution < -0.4 is 0 Å². The summed E-state index contributed by atoms with van der Waals surface area (Å²) in [6.45, 7) is 2.12. The van der Waals surface area contributed by atoms with Gasteiger partial charge >= 0.3 is 0 Å². The second-order valence-electron chi connectivity index (χ2n) is 4.38. The molecule has 4 heteroatoms. The Kier molecular flexibility index (Phi) is 3.37. The van der Waals surface area contributed by atoms with Gasteiger partial charge < -0.3 is 0 Å². The van der Waals surface area contributed by atoms with Crippen molar-refractivity contribution in [1.29, 1.82) is 0 Å². The van der Waals surface area contributed by atoms with Crippen LogP contribution >= 0.6 is 50.2 Å². The highest BCUT2D eigenvalue weighted by Crippen LogP contribution is 2.43. The lowest BCUT2D eigenvalue weighted by atomic mass is 10.2. The molecule has 0 bridgehead atoms. The van der Waals surface area contributed by atoms with Gasteiger partial charge in [-0.2, -0.15) is 0 Å². The average Bonchev–Trinajstić information content (AvgIpc) is 2.90. The number of rotatable bonds is 2. The minimum atomic E-state index is 0.0127. The van der Waals surface area contributed by atoms with E-state index in [9.17, 15) is 0 Å². The van der Waals surface area contributed by atoms with E-state index in [0.717, 1.165) is 4.47 Å². The number of aryl methyl sites for hydroxylation is 3. The molecule has 0 aromatic carbocycles. The summed E-state index contributed by atoms with van der Waals surface area (Å²) in [5.74, 6) is 0. The SMILES string of the molecule is Cc1cc(Br)c(C(Cl)c2cc3c(s2)CCC3)s1. The van der Waals surface area contributed by atoms with E-state index in [4.69, 9.17) is 11.6 Å². The normalized spacial score (nSPS) is 16.2. The van der Waals surface area contributed by atoms with Crippen molar-refractivity contribution in [3.8, 4) is 0 Å². The van der Waals surface area contributed by atoms with Gasteiger partial charge in [0.05, 0.1) is 0 Å². The second-order valence-corrected chi connectivity index (χ2v) is 8.13. The maximum atomic E-state index is 6.61. The molecule has 2 heterocycles. The van der Waals surface area contributed by atoms with Crippen LogP contribution in [0.15, 0.2) is 16.6 Å². The Morgan fingerprint density at radius 1 is 1.29 bits per heavy atom. The summed E-state index contributed by atoms with van der Waals surface area (Å²) in [4.78, 5) is 5.40. The molecule has 90 valence electrons. The zero-order valence-electron chi connectivity index (χ0n) is 9.43. The Hall–Kier alpha value is 0.170. The third-order valence-electron chi connectivity index (χ3n) is 3.08. The summed E-state index contributed by atoms with van der Waals surface area (Å²) in [5, 5.41) is 0.0127. The van der Waals surface area contributed by atoms with Crippen LogP contribution in [0.4, 0.5) is 0 Å². The lowest BCUT2D eigenvalue weighted by molar-refractivity contribution is 0.913. The summed E-state index contributed by atoms with van der Waals surface area (Å²) in [5.41, 5.74) is 1.53. The highest BCUT2D eigenvalue weighted by Gasteiger charge is 2.22. The summed E-state index contributed by atoms with van der Waals surface area (Å²) in [6.07, 6.45) is 3.80. The molecule has 0 nitrogen and oxygen atoms in total. The van der Waals surface area contributed by atoms with Crippen LogP contribution in [0.2, 0.25) is 0 Å². The van der Waals surface area contributed by atoms with Gasteiger partial charge in [-0.3, -0.25) is 0 Å². The molecular weight excluding hydrogens is 336 g/mol. The summed E-state index contributed by atoms with van der Waals surface area (Å²) in [7, 11) is 0. The minimum absolute atomic E-state index is 0.0127. The van der Waals surface area contributed by atoms with Crippen LogP contribution in [0.5, 0.6) is 0 Å². The predicted octanol–water partition coefficient (Wildman–Crippen LogP) is 5.70. The maximum absolute atomic E-state index is 6.61. The maximum Gasteiger partial charge on any atom is 0.103 e. The van der Waals surface area contributed by atoms with Crippen LogP contribution in [-0.4, -0.2) is 0 Å². The van der Waals surface area contributed by atoms with Gasteiger partial charge in [-0.25, -0.2) is 0 Å². The number of fused-ring (bicyclic) bond motifs is 1. The smallest absolute Gasteiger partial charge is 0.103 e. The van der Waals surface area contributed by atoms with Gasteiger partial charge in [0.15, 0.2) is 0 Å². The van der Waals surface area contributed by atoms with E-state index in [1.807, 2.05) is 11.3 Å². The zero-order chi connectivity index (χ0) is 12.0. The van der Waals surface area contributed by atoms with E-state index < -0.39 is 0 Å². The number of hydrogen-bond acceptors (Lipinski definition) is 2. The molecule has 0 fully saturated rings. The first kappa shape index (κ1) is 12.2. The molecule has 1 unspecified atom stereocenters. The molecule has 0 radical (unpaired) electrons. The van der Waals surface area contributed by atoms with Crippen LogP contribution in [0, 0.1) is 6.92 Å². The summed E-state index contributed by atoms with van der Waals surface area (Å²) >= 11 is 13.9. The van der Waals surface area contributed by atoms with Crippen LogP contribution in [0.3, 0.4) is 0 Å². The third kappa shape index (κ3) is 2.23. The van der Waals surface area contributed by atoms with E-state index in [-0.39, 0.29) is 5.38 Å². The molecule has 0 saturated heterocycles. The zero-order valence-corrected chi connectivity index (χ0v) is 13.4. The van der Waals surface area contributed by atoms with Gasteiger partial charge in [-0.1, -0.05) is 0 Å². The number of alkyl halides is 1. The van der Waals surface area contributed by atoms with E-state index in [2.05, 4.69) is 35.0 Å². The predicted molar refractivity (Wildman–Crippen MR) is 80.8 cm³/mol. The van der Waals surface area contributed by atoms with E-state index in [1.165, 1.54) is 39.5 Å². The van der Waals surface area contributed by atoms with Crippen LogP contribution in [0.1, 0.15) is 36.9 Å². The van der Waals surface area contributed by atoms with E-state index in [0.29, 0.717) is 0 Å². The standard InChI is InChI=1S/C13H12BrClS2/c1-7-5-9(14)13(16-7)12(15)11-6-8-3-2-4-10(8)17-11/h5-6,12H,2-4H2,1H3. The molecular formula is C13H12BrClS2. The first-order valence-electron chi connectivity index (χ1n) is 5.66. The van der Waals surface area contributed by atoms with Gasteiger partial charge in [-0.05, 0) is 59.8 Å². The van der Waals surface area contributed by atoms with E-state index >= 15 is 0 Å². The molecule has 0 saturated carbocycles. The minimum Gasteiger partial charge on any atom is -0.143 e. The lowest BCUT2D eigenvalue weighted by Crippen LogP contribution is -1.87. The van der Waals surface area contributed by atoms with Crippen molar-refractivity contribution in [2.75, 3.05) is 0 Å². The summed E-state index contributed by atoms with van der Waals surface area (Å²) < 4.78 is 1.15. The molecule has 0 spiro atoms. The molecule has 1 aliphatic rings. The fourth-order valence-corrected chi connectivity index (χ4v) is 6.06. The quantitative estimate of drug-likeness (QED) is 0.611. The topological polar surface area (TPSA) is 0 Å². The molecule has 0 N–H and O–H groups in total. The molecule has 17 heavy (non-hydrogen) atoms. The average molecular weight is 348 g/mol. The Morgan fingerprint density at radius 3 is 2.76 bits per heavy atom. The Labute approximate surface area is 123 Å². The van der Waals surface area contributed by atoms with Crippen molar-refractivity contribution in [3.05, 3.63) is 41.7 Å². The Bertz CT molecular complexity index is 534. The molecule has 0 amide bonds. The van der Waals surface area contributed by atoms with Crippen molar-refractivity contribution in [1.82, 2.24) is 0 Å². The van der Waals surface area contributed by atoms with Crippen molar-refractivity contribution >= 4 is 50.2 Å². The molecule has 1 atom stereocenters.